The third kappa shape index (κ3) is 19.3. The number of pyridine rings is 2. The van der Waals surface area contributed by atoms with Crippen molar-refractivity contribution in [2.75, 3.05) is 11.9 Å². The summed E-state index contributed by atoms with van der Waals surface area (Å²) in [4.78, 5) is 70.6. The monoisotopic (exact) mass is 682 g/mol. The van der Waals surface area contributed by atoms with Gasteiger partial charge < -0.3 is 31.2 Å². The highest BCUT2D eigenvalue weighted by Crippen LogP contribution is 2.17. The Kier molecular flexibility index (Phi) is 16.8. The standard InChI is InChI=1S/C36H54N6O7/c1-35(2,3)48-33(46)11-9-23-39-30(43)18-12-25(37)13-19-31(44)41-26(16-21-34(47)49-36(4,5)6)15-20-32(45)42-27-14-17-29(40-24-27)28-10-7-8-22-38-28/h7-8,10,14,17,22,24-26H,9,11-13,15-16,18-21,23,37H2,1-6H3,(H,39,43)(H,41,44)(H,42,45). The van der Waals surface area contributed by atoms with Crippen LogP contribution in [0, 0.1) is 0 Å². The normalized spacial score (nSPS) is 12.7. The number of esters is 2. The Bertz CT molecular complexity index is 1350. The number of ether oxygens (including phenoxy) is 2. The number of carbonyl (C=O) groups excluding carboxylic acids is 5. The molecule has 5 N–H and O–H groups in total. The van der Waals surface area contributed by atoms with Gasteiger partial charge in [-0.2, -0.15) is 0 Å². The predicted molar refractivity (Wildman–Crippen MR) is 187 cm³/mol. The molecule has 0 bridgehead atoms. The molecule has 2 aromatic rings. The van der Waals surface area contributed by atoms with E-state index in [1.165, 1.54) is 0 Å². The van der Waals surface area contributed by atoms with E-state index in [0.717, 1.165) is 5.69 Å². The molecule has 2 aromatic heterocycles. The molecule has 49 heavy (non-hydrogen) atoms. The molecule has 0 fully saturated rings. The Morgan fingerprint density at radius 3 is 1.90 bits per heavy atom. The van der Waals surface area contributed by atoms with Gasteiger partial charge in [0.25, 0.3) is 0 Å². The van der Waals surface area contributed by atoms with Gasteiger partial charge in [-0.1, -0.05) is 6.07 Å². The number of aromatic nitrogens is 2. The van der Waals surface area contributed by atoms with Crippen molar-refractivity contribution in [3.05, 3.63) is 42.7 Å². The van der Waals surface area contributed by atoms with Crippen LogP contribution in [-0.4, -0.2) is 69.5 Å². The fraction of sp³-hybridized carbons (Fsp3) is 0.583. The third-order valence-electron chi connectivity index (χ3n) is 6.96. The van der Waals surface area contributed by atoms with Crippen LogP contribution in [-0.2, 0) is 33.4 Å². The molecule has 13 heteroatoms. The van der Waals surface area contributed by atoms with Crippen LogP contribution in [0.5, 0.6) is 0 Å². The first-order valence-electron chi connectivity index (χ1n) is 16.9. The maximum Gasteiger partial charge on any atom is 0.306 e. The zero-order valence-corrected chi connectivity index (χ0v) is 29.8. The summed E-state index contributed by atoms with van der Waals surface area (Å²) in [5.74, 6) is -1.39. The molecule has 0 aliphatic rings. The van der Waals surface area contributed by atoms with Crippen molar-refractivity contribution in [2.24, 2.45) is 5.73 Å². The molecule has 3 amide bonds. The summed E-state index contributed by atoms with van der Waals surface area (Å²) in [5, 5.41) is 8.53. The highest BCUT2D eigenvalue weighted by atomic mass is 16.6. The number of nitrogens with one attached hydrogen (secondary N) is 3. The van der Waals surface area contributed by atoms with Gasteiger partial charge in [-0.3, -0.25) is 33.9 Å². The zero-order valence-electron chi connectivity index (χ0n) is 29.8. The number of nitrogens with zero attached hydrogens (tertiary/aromatic N) is 2. The molecule has 0 aliphatic carbocycles. The number of anilines is 1. The number of hydrogen-bond acceptors (Lipinski definition) is 10. The highest BCUT2D eigenvalue weighted by molar-refractivity contribution is 5.90. The lowest BCUT2D eigenvalue weighted by molar-refractivity contribution is -0.156. The van der Waals surface area contributed by atoms with Crippen molar-refractivity contribution in [1.82, 2.24) is 20.6 Å². The average Bonchev–Trinajstić information content (AvgIpc) is 3.01. The molecular formula is C36H54N6O7. The first-order valence-corrected chi connectivity index (χ1v) is 16.9. The van der Waals surface area contributed by atoms with Crippen LogP contribution in [0.15, 0.2) is 42.7 Å². The van der Waals surface area contributed by atoms with Gasteiger partial charge in [-0.05, 0) is 97.9 Å². The van der Waals surface area contributed by atoms with Gasteiger partial charge in [0.15, 0.2) is 0 Å². The van der Waals surface area contributed by atoms with Crippen molar-refractivity contribution in [3.8, 4) is 11.4 Å². The van der Waals surface area contributed by atoms with Gasteiger partial charge in [0.2, 0.25) is 17.7 Å². The van der Waals surface area contributed by atoms with E-state index >= 15 is 0 Å². The predicted octanol–water partition coefficient (Wildman–Crippen LogP) is 4.59. The second kappa shape index (κ2) is 20.2. The third-order valence-corrected chi connectivity index (χ3v) is 6.96. The van der Waals surface area contributed by atoms with Crippen LogP contribution in [0.1, 0.15) is 106 Å². The van der Waals surface area contributed by atoms with Gasteiger partial charge in [0.05, 0.1) is 23.3 Å². The molecule has 2 rings (SSSR count). The number of amides is 3. The van der Waals surface area contributed by atoms with E-state index in [1.807, 2.05) is 18.2 Å². The van der Waals surface area contributed by atoms with Crippen molar-refractivity contribution >= 4 is 35.3 Å². The number of nitrogens with two attached hydrogens (primary N) is 1. The van der Waals surface area contributed by atoms with Gasteiger partial charge >= 0.3 is 11.9 Å². The maximum absolute atomic E-state index is 12.9. The fourth-order valence-electron chi connectivity index (χ4n) is 4.65. The van der Waals surface area contributed by atoms with Crippen LogP contribution in [0.2, 0.25) is 0 Å². The smallest absolute Gasteiger partial charge is 0.306 e. The molecule has 0 aromatic carbocycles. The SMILES string of the molecule is CC(C)(C)OC(=O)CCCNC(=O)CCC(N)CCC(=O)NC(CCC(=O)Nc1ccc(-c2ccccn2)nc1)CCC(=O)OC(C)(C)C. The van der Waals surface area contributed by atoms with E-state index < -0.39 is 17.2 Å². The molecule has 2 unspecified atom stereocenters. The topological polar surface area (TPSA) is 192 Å². The van der Waals surface area contributed by atoms with Crippen molar-refractivity contribution in [1.29, 1.82) is 0 Å². The second-order valence-corrected chi connectivity index (χ2v) is 14.0. The van der Waals surface area contributed by atoms with Crippen LogP contribution in [0.3, 0.4) is 0 Å². The number of carbonyl (C=O) groups is 5. The van der Waals surface area contributed by atoms with E-state index in [1.54, 1.807) is 66.1 Å². The first-order chi connectivity index (χ1) is 23.0. The van der Waals surface area contributed by atoms with E-state index in [0.29, 0.717) is 50.0 Å². The number of rotatable bonds is 19. The molecule has 0 saturated heterocycles. The Hall–Kier alpha value is -4.39. The van der Waals surface area contributed by atoms with Crippen molar-refractivity contribution in [3.63, 3.8) is 0 Å². The molecule has 0 aliphatic heterocycles. The van der Waals surface area contributed by atoms with Gasteiger partial charge in [-0.25, -0.2) is 0 Å². The minimum atomic E-state index is -0.636. The fourth-order valence-corrected chi connectivity index (χ4v) is 4.65. The summed E-state index contributed by atoms with van der Waals surface area (Å²) in [6.45, 7) is 11.1. The van der Waals surface area contributed by atoms with Crippen LogP contribution < -0.4 is 21.7 Å². The van der Waals surface area contributed by atoms with Gasteiger partial charge in [0, 0.05) is 56.9 Å². The summed E-state index contributed by atoms with van der Waals surface area (Å²) in [7, 11) is 0. The Labute approximate surface area is 289 Å². The number of hydrogen-bond donors (Lipinski definition) is 4. The summed E-state index contributed by atoms with van der Waals surface area (Å²) >= 11 is 0. The summed E-state index contributed by atoms with van der Waals surface area (Å²) < 4.78 is 10.7. The van der Waals surface area contributed by atoms with E-state index in [4.69, 9.17) is 15.2 Å². The summed E-state index contributed by atoms with van der Waals surface area (Å²) in [6.07, 6.45) is 5.80. The van der Waals surface area contributed by atoms with Crippen LogP contribution >= 0.6 is 0 Å². The summed E-state index contributed by atoms with van der Waals surface area (Å²) in [6, 6.07) is 8.24. The molecule has 0 radical (unpaired) electrons. The molecule has 0 saturated carbocycles. The lowest BCUT2D eigenvalue weighted by Crippen LogP contribution is -2.37. The molecule has 13 nitrogen and oxygen atoms in total. The first kappa shape index (κ1) is 40.8. The molecule has 2 heterocycles. The highest BCUT2D eigenvalue weighted by Gasteiger charge is 2.21. The zero-order chi connectivity index (χ0) is 36.5. The minimum absolute atomic E-state index is 0.0785. The van der Waals surface area contributed by atoms with E-state index in [9.17, 15) is 24.0 Å². The van der Waals surface area contributed by atoms with Crippen molar-refractivity contribution < 1.29 is 33.4 Å². The summed E-state index contributed by atoms with van der Waals surface area (Å²) in [5.41, 5.74) is 6.93. The minimum Gasteiger partial charge on any atom is -0.460 e. The Morgan fingerprint density at radius 1 is 0.714 bits per heavy atom. The van der Waals surface area contributed by atoms with Crippen LogP contribution in [0.4, 0.5) is 5.69 Å². The molecular weight excluding hydrogens is 628 g/mol. The van der Waals surface area contributed by atoms with E-state index in [-0.39, 0.29) is 67.8 Å². The van der Waals surface area contributed by atoms with Gasteiger partial charge in [0.1, 0.15) is 11.2 Å². The lowest BCUT2D eigenvalue weighted by atomic mass is 10.0. The maximum atomic E-state index is 12.9. The van der Waals surface area contributed by atoms with Crippen LogP contribution in [0.25, 0.3) is 11.4 Å². The quantitative estimate of drug-likeness (QED) is 0.120. The average molecular weight is 683 g/mol. The van der Waals surface area contributed by atoms with E-state index in [2.05, 4.69) is 25.9 Å². The van der Waals surface area contributed by atoms with Crippen molar-refractivity contribution in [2.45, 2.75) is 129 Å². The Balaban J connectivity index is 1.79. The Morgan fingerprint density at radius 2 is 1.31 bits per heavy atom. The molecule has 270 valence electrons. The second-order valence-electron chi connectivity index (χ2n) is 14.0. The molecule has 2 atom stereocenters. The molecule has 0 spiro atoms. The largest absolute Gasteiger partial charge is 0.460 e. The lowest BCUT2D eigenvalue weighted by Gasteiger charge is -2.22. The van der Waals surface area contributed by atoms with Gasteiger partial charge in [-0.15, -0.1) is 0 Å².